The van der Waals surface area contributed by atoms with Gasteiger partial charge in [-0.05, 0) is 36.4 Å². The standard InChI is InChI=1S/C20H21N3O3/c1-25-16-7-9-17(10-8-16)26-13-12-21-14-19(24)23-18-6-2-4-15-5-3-11-22-20(15)18/h2-11,21H,12-14H2,1H3,(H,23,24). The molecule has 2 aromatic carbocycles. The van der Waals surface area contributed by atoms with Gasteiger partial charge in [0.05, 0.1) is 24.9 Å². The van der Waals surface area contributed by atoms with E-state index in [1.54, 1.807) is 13.3 Å². The van der Waals surface area contributed by atoms with E-state index in [-0.39, 0.29) is 12.5 Å². The summed E-state index contributed by atoms with van der Waals surface area (Å²) < 4.78 is 10.7. The predicted molar refractivity (Wildman–Crippen MR) is 102 cm³/mol. The van der Waals surface area contributed by atoms with Crippen molar-refractivity contribution < 1.29 is 14.3 Å². The quantitative estimate of drug-likeness (QED) is 0.611. The van der Waals surface area contributed by atoms with Crippen molar-refractivity contribution in [2.75, 3.05) is 32.1 Å². The summed E-state index contributed by atoms with van der Waals surface area (Å²) >= 11 is 0. The lowest BCUT2D eigenvalue weighted by Crippen LogP contribution is -2.31. The number of anilines is 1. The molecule has 3 aromatic rings. The van der Waals surface area contributed by atoms with E-state index in [2.05, 4.69) is 15.6 Å². The first kappa shape index (κ1) is 17.7. The molecular weight excluding hydrogens is 330 g/mol. The number of pyridine rings is 1. The fourth-order valence-corrected chi connectivity index (χ4v) is 2.51. The first-order chi connectivity index (χ1) is 12.8. The SMILES string of the molecule is COc1ccc(OCCNCC(=O)Nc2cccc3cccnc23)cc1. The van der Waals surface area contributed by atoms with E-state index in [0.29, 0.717) is 18.8 Å². The number of hydrogen-bond acceptors (Lipinski definition) is 5. The van der Waals surface area contributed by atoms with Gasteiger partial charge in [0.2, 0.25) is 5.91 Å². The van der Waals surface area contributed by atoms with Crippen LogP contribution >= 0.6 is 0 Å². The van der Waals surface area contributed by atoms with Gasteiger partial charge in [-0.15, -0.1) is 0 Å². The molecule has 1 amide bonds. The highest BCUT2D eigenvalue weighted by molar-refractivity contribution is 6.00. The molecule has 0 unspecified atom stereocenters. The van der Waals surface area contributed by atoms with Gasteiger partial charge in [-0.2, -0.15) is 0 Å². The highest BCUT2D eigenvalue weighted by Gasteiger charge is 2.06. The van der Waals surface area contributed by atoms with Crippen LogP contribution in [0.2, 0.25) is 0 Å². The van der Waals surface area contributed by atoms with E-state index >= 15 is 0 Å². The molecule has 0 saturated heterocycles. The summed E-state index contributed by atoms with van der Waals surface area (Å²) in [4.78, 5) is 16.4. The number of fused-ring (bicyclic) bond motifs is 1. The number of ether oxygens (including phenoxy) is 2. The molecule has 0 radical (unpaired) electrons. The average molecular weight is 351 g/mol. The number of para-hydroxylation sites is 1. The maximum atomic E-state index is 12.1. The number of hydrogen-bond donors (Lipinski definition) is 2. The van der Waals surface area contributed by atoms with E-state index < -0.39 is 0 Å². The van der Waals surface area contributed by atoms with Gasteiger partial charge in [0.15, 0.2) is 0 Å². The smallest absolute Gasteiger partial charge is 0.238 e. The summed E-state index contributed by atoms with van der Waals surface area (Å²) in [6.07, 6.45) is 1.72. The fraction of sp³-hybridized carbons (Fsp3) is 0.200. The number of benzene rings is 2. The Morgan fingerprint density at radius 2 is 1.81 bits per heavy atom. The average Bonchev–Trinajstić information content (AvgIpc) is 2.68. The number of methoxy groups -OCH3 is 1. The summed E-state index contributed by atoms with van der Waals surface area (Å²) in [6.45, 7) is 1.23. The van der Waals surface area contributed by atoms with Crippen LogP contribution in [0.3, 0.4) is 0 Å². The Bertz CT molecular complexity index is 860. The molecule has 6 heteroatoms. The van der Waals surface area contributed by atoms with Crippen molar-refractivity contribution in [3.05, 3.63) is 60.8 Å². The topological polar surface area (TPSA) is 72.5 Å². The van der Waals surface area contributed by atoms with Gasteiger partial charge in [-0.25, -0.2) is 0 Å². The maximum absolute atomic E-state index is 12.1. The highest BCUT2D eigenvalue weighted by Crippen LogP contribution is 2.20. The fourth-order valence-electron chi connectivity index (χ4n) is 2.51. The molecule has 26 heavy (non-hydrogen) atoms. The van der Waals surface area contributed by atoms with Crippen LogP contribution in [-0.4, -0.2) is 37.7 Å². The Morgan fingerprint density at radius 1 is 1.04 bits per heavy atom. The number of amides is 1. The van der Waals surface area contributed by atoms with Gasteiger partial charge in [-0.3, -0.25) is 9.78 Å². The number of nitrogens with zero attached hydrogens (tertiary/aromatic N) is 1. The van der Waals surface area contributed by atoms with Crippen molar-refractivity contribution in [3.8, 4) is 11.5 Å². The Morgan fingerprint density at radius 3 is 2.62 bits per heavy atom. The molecule has 0 aliphatic rings. The van der Waals surface area contributed by atoms with Crippen LogP contribution < -0.4 is 20.1 Å². The molecule has 0 spiro atoms. The van der Waals surface area contributed by atoms with Crippen LogP contribution in [0.15, 0.2) is 60.8 Å². The van der Waals surface area contributed by atoms with Crippen molar-refractivity contribution in [1.82, 2.24) is 10.3 Å². The Hall–Kier alpha value is -3.12. The molecule has 6 nitrogen and oxygen atoms in total. The van der Waals surface area contributed by atoms with Gasteiger partial charge in [0, 0.05) is 18.1 Å². The van der Waals surface area contributed by atoms with E-state index in [1.165, 1.54) is 0 Å². The zero-order valence-electron chi connectivity index (χ0n) is 14.6. The van der Waals surface area contributed by atoms with Crippen molar-refractivity contribution in [1.29, 1.82) is 0 Å². The molecule has 0 atom stereocenters. The molecule has 1 aromatic heterocycles. The zero-order chi connectivity index (χ0) is 18.2. The van der Waals surface area contributed by atoms with E-state index in [9.17, 15) is 4.79 Å². The summed E-state index contributed by atoms with van der Waals surface area (Å²) in [5.74, 6) is 1.43. The number of carbonyl (C=O) groups excluding carboxylic acids is 1. The van der Waals surface area contributed by atoms with Crippen molar-refractivity contribution in [2.45, 2.75) is 0 Å². The minimum atomic E-state index is -0.118. The van der Waals surface area contributed by atoms with Crippen LogP contribution in [-0.2, 0) is 4.79 Å². The lowest BCUT2D eigenvalue weighted by atomic mass is 10.2. The largest absolute Gasteiger partial charge is 0.497 e. The van der Waals surface area contributed by atoms with Crippen LogP contribution in [0.5, 0.6) is 11.5 Å². The van der Waals surface area contributed by atoms with Crippen LogP contribution in [0.4, 0.5) is 5.69 Å². The molecule has 0 saturated carbocycles. The maximum Gasteiger partial charge on any atom is 0.238 e. The molecule has 134 valence electrons. The second-order valence-corrected chi connectivity index (χ2v) is 5.63. The van der Waals surface area contributed by atoms with Crippen LogP contribution in [0.25, 0.3) is 10.9 Å². The van der Waals surface area contributed by atoms with Gasteiger partial charge >= 0.3 is 0 Å². The predicted octanol–water partition coefficient (Wildman–Crippen LogP) is 2.85. The summed E-state index contributed by atoms with van der Waals surface area (Å²) in [6, 6.07) is 16.9. The van der Waals surface area contributed by atoms with Crippen molar-refractivity contribution >= 4 is 22.5 Å². The van der Waals surface area contributed by atoms with Crippen molar-refractivity contribution in [2.24, 2.45) is 0 Å². The van der Waals surface area contributed by atoms with Crippen molar-refractivity contribution in [3.63, 3.8) is 0 Å². The van der Waals surface area contributed by atoms with E-state index in [4.69, 9.17) is 9.47 Å². The monoisotopic (exact) mass is 351 g/mol. The molecule has 2 N–H and O–H groups in total. The Labute approximate surface area is 152 Å². The molecule has 0 aliphatic carbocycles. The normalized spacial score (nSPS) is 10.5. The highest BCUT2D eigenvalue weighted by atomic mass is 16.5. The Balaban J connectivity index is 1.41. The molecule has 3 rings (SSSR count). The van der Waals surface area contributed by atoms with Gasteiger partial charge < -0.3 is 20.1 Å². The number of rotatable bonds is 8. The van der Waals surface area contributed by atoms with Gasteiger partial charge in [0.1, 0.15) is 18.1 Å². The van der Waals surface area contributed by atoms with E-state index in [0.717, 1.165) is 22.4 Å². The number of aromatic nitrogens is 1. The molecule has 0 bridgehead atoms. The lowest BCUT2D eigenvalue weighted by molar-refractivity contribution is -0.115. The number of nitrogens with one attached hydrogen (secondary N) is 2. The minimum Gasteiger partial charge on any atom is -0.497 e. The van der Waals surface area contributed by atoms with Crippen LogP contribution in [0, 0.1) is 0 Å². The first-order valence-corrected chi connectivity index (χ1v) is 8.37. The summed E-state index contributed by atoms with van der Waals surface area (Å²) in [7, 11) is 1.62. The zero-order valence-corrected chi connectivity index (χ0v) is 14.6. The summed E-state index contributed by atoms with van der Waals surface area (Å²) in [5.41, 5.74) is 1.50. The lowest BCUT2D eigenvalue weighted by Gasteiger charge is -2.10. The molecular formula is C20H21N3O3. The third kappa shape index (κ3) is 4.70. The van der Waals surface area contributed by atoms with Gasteiger partial charge in [0.25, 0.3) is 0 Å². The summed E-state index contributed by atoms with van der Waals surface area (Å²) in [5, 5.41) is 6.94. The van der Waals surface area contributed by atoms with Crippen LogP contribution in [0.1, 0.15) is 0 Å². The number of carbonyl (C=O) groups is 1. The second-order valence-electron chi connectivity index (χ2n) is 5.63. The second kappa shape index (κ2) is 8.82. The molecule has 0 fully saturated rings. The Kier molecular flexibility index (Phi) is 6.01. The molecule has 1 heterocycles. The third-order valence-corrected chi connectivity index (χ3v) is 3.80. The molecule has 0 aliphatic heterocycles. The van der Waals surface area contributed by atoms with Gasteiger partial charge in [-0.1, -0.05) is 18.2 Å². The minimum absolute atomic E-state index is 0.118. The van der Waals surface area contributed by atoms with E-state index in [1.807, 2.05) is 54.6 Å². The third-order valence-electron chi connectivity index (χ3n) is 3.80. The first-order valence-electron chi connectivity index (χ1n) is 8.37.